The SMILES string of the molecule is Cc1noc(C)c1-c1nc(-c2cc(OC[C@@H](CN(C)C(=O)OC(C)(C)C)O[Si](C)(C)C(C)(C)C)ccc2Cl)nc(N2CC3=C(CN(CC(F)(F)F)CC3)C2)c1C. The Balaban J connectivity index is 1.47. The van der Waals surface area contributed by atoms with Gasteiger partial charge in [-0.05, 0) is 95.4 Å². The summed E-state index contributed by atoms with van der Waals surface area (Å²) in [6.07, 6.45) is -4.62. The first-order valence-corrected chi connectivity index (χ1v) is 22.2. The monoisotopic (exact) mass is 820 g/mol. The van der Waals surface area contributed by atoms with E-state index in [1.54, 1.807) is 25.2 Å². The summed E-state index contributed by atoms with van der Waals surface area (Å²) in [5.74, 6) is 2.09. The molecule has 2 aliphatic rings. The van der Waals surface area contributed by atoms with Crippen molar-refractivity contribution in [2.24, 2.45) is 0 Å². The molecule has 1 aromatic carbocycles. The van der Waals surface area contributed by atoms with Crippen molar-refractivity contribution in [2.75, 3.05) is 57.8 Å². The van der Waals surface area contributed by atoms with Crippen LogP contribution in [-0.2, 0) is 9.16 Å². The van der Waals surface area contributed by atoms with Gasteiger partial charge in [0, 0.05) is 44.4 Å². The van der Waals surface area contributed by atoms with Crippen LogP contribution in [0.5, 0.6) is 5.75 Å². The van der Waals surface area contributed by atoms with E-state index in [1.165, 1.54) is 9.80 Å². The predicted octanol–water partition coefficient (Wildman–Crippen LogP) is 9.40. The molecule has 56 heavy (non-hydrogen) atoms. The Morgan fingerprint density at radius 1 is 1.04 bits per heavy atom. The molecule has 0 N–H and O–H groups in total. The summed E-state index contributed by atoms with van der Waals surface area (Å²) >= 11 is 6.88. The van der Waals surface area contributed by atoms with Crippen LogP contribution in [0.25, 0.3) is 22.6 Å². The van der Waals surface area contributed by atoms with Crippen LogP contribution in [0.15, 0.2) is 33.9 Å². The maximum absolute atomic E-state index is 13.3. The van der Waals surface area contributed by atoms with Gasteiger partial charge in [-0.2, -0.15) is 13.2 Å². The second-order valence-corrected chi connectivity index (χ2v) is 22.7. The van der Waals surface area contributed by atoms with E-state index in [-0.39, 0.29) is 24.7 Å². The third-order valence-corrected chi connectivity index (χ3v) is 15.4. The number of anilines is 1. The van der Waals surface area contributed by atoms with E-state index in [0.717, 1.165) is 22.3 Å². The molecule has 0 spiro atoms. The molecule has 308 valence electrons. The second kappa shape index (κ2) is 16.3. The lowest BCUT2D eigenvalue weighted by molar-refractivity contribution is -0.145. The van der Waals surface area contributed by atoms with Crippen molar-refractivity contribution in [3.05, 3.63) is 51.4 Å². The fourth-order valence-corrected chi connectivity index (χ4v) is 8.26. The van der Waals surface area contributed by atoms with Gasteiger partial charge >= 0.3 is 12.3 Å². The van der Waals surface area contributed by atoms with Crippen molar-refractivity contribution in [3.63, 3.8) is 0 Å². The summed E-state index contributed by atoms with van der Waals surface area (Å²) in [4.78, 5) is 28.1. The van der Waals surface area contributed by atoms with Crippen LogP contribution in [0.1, 0.15) is 65.0 Å². The topological polar surface area (TPSA) is 106 Å². The second-order valence-electron chi connectivity index (χ2n) is 17.5. The molecule has 0 bridgehead atoms. The number of aromatic nitrogens is 3. The van der Waals surface area contributed by atoms with Crippen LogP contribution in [-0.4, -0.2) is 110 Å². The Morgan fingerprint density at radius 2 is 1.71 bits per heavy atom. The van der Waals surface area contributed by atoms with Gasteiger partial charge in [0.1, 0.15) is 29.5 Å². The number of rotatable bonds is 11. The van der Waals surface area contributed by atoms with Gasteiger partial charge in [-0.25, -0.2) is 14.8 Å². The zero-order valence-corrected chi connectivity index (χ0v) is 36.5. The van der Waals surface area contributed by atoms with E-state index in [9.17, 15) is 18.0 Å². The number of hydrogen-bond donors (Lipinski definition) is 0. The highest BCUT2D eigenvalue weighted by Crippen LogP contribution is 2.40. The van der Waals surface area contributed by atoms with Gasteiger partial charge in [0.25, 0.3) is 0 Å². The lowest BCUT2D eigenvalue weighted by Crippen LogP contribution is -2.49. The average molecular weight is 821 g/mol. The van der Waals surface area contributed by atoms with E-state index in [4.69, 9.17) is 40.0 Å². The third-order valence-electron chi connectivity index (χ3n) is 10.6. The number of ether oxygens (including phenoxy) is 2. The fraction of sp³-hybridized carbons (Fsp3) is 0.600. The Morgan fingerprint density at radius 3 is 2.32 bits per heavy atom. The molecule has 2 aromatic heterocycles. The average Bonchev–Trinajstić information content (AvgIpc) is 3.63. The molecule has 5 rings (SSSR count). The van der Waals surface area contributed by atoms with E-state index in [0.29, 0.717) is 71.2 Å². The number of hydrogen-bond acceptors (Lipinski definition) is 10. The van der Waals surface area contributed by atoms with Gasteiger partial charge in [0.15, 0.2) is 14.1 Å². The Labute approximate surface area is 334 Å². The quantitative estimate of drug-likeness (QED) is 0.137. The van der Waals surface area contributed by atoms with Crippen LogP contribution >= 0.6 is 11.6 Å². The molecule has 3 aromatic rings. The molecule has 1 amide bonds. The van der Waals surface area contributed by atoms with Crippen molar-refractivity contribution in [2.45, 2.75) is 105 Å². The van der Waals surface area contributed by atoms with Crippen molar-refractivity contribution < 1.29 is 36.4 Å². The van der Waals surface area contributed by atoms with Crippen molar-refractivity contribution in [3.8, 4) is 28.4 Å². The summed E-state index contributed by atoms with van der Waals surface area (Å²) in [5.41, 5.74) is 4.82. The predicted molar refractivity (Wildman–Crippen MR) is 215 cm³/mol. The van der Waals surface area contributed by atoms with Crippen molar-refractivity contribution in [1.29, 1.82) is 0 Å². The normalized spacial score (nSPS) is 16.3. The summed E-state index contributed by atoms with van der Waals surface area (Å²) in [5, 5.41) is 4.49. The minimum Gasteiger partial charge on any atom is -0.491 e. The van der Waals surface area contributed by atoms with E-state index < -0.39 is 38.8 Å². The number of halogens is 4. The standard InChI is InChI=1S/C40H56ClF3N6O5Si/c1-24-34(33-25(2)47-54-26(33)3)45-35(46-36(24)50-19-27-15-16-49(18-28(27)20-50)23-40(42,43)44)31-17-29(13-14-32(31)41)52-22-30(55-56(11,12)39(7,8)9)21-48(10)37(51)53-38(4,5)6/h13-14,17,30H,15-16,18-23H2,1-12H3/t30-/m1/s1. The molecule has 11 nitrogen and oxygen atoms in total. The van der Waals surface area contributed by atoms with Gasteiger partial charge in [0.05, 0.1) is 41.2 Å². The van der Waals surface area contributed by atoms with Gasteiger partial charge in [0.2, 0.25) is 0 Å². The molecule has 1 atom stereocenters. The summed E-state index contributed by atoms with van der Waals surface area (Å²) < 4.78 is 64.2. The van der Waals surface area contributed by atoms with Crippen LogP contribution in [0.3, 0.4) is 0 Å². The molecular weight excluding hydrogens is 765 g/mol. The van der Waals surface area contributed by atoms with Crippen LogP contribution in [0, 0.1) is 20.8 Å². The smallest absolute Gasteiger partial charge is 0.410 e. The first-order chi connectivity index (χ1) is 25.8. The third kappa shape index (κ3) is 10.4. The van der Waals surface area contributed by atoms with Gasteiger partial charge in [-0.1, -0.05) is 37.5 Å². The van der Waals surface area contributed by atoms with Crippen LogP contribution in [0.4, 0.5) is 23.8 Å². The number of alkyl halides is 3. The Bertz CT molecular complexity index is 1940. The molecule has 0 unspecified atom stereocenters. The molecule has 0 saturated carbocycles. The largest absolute Gasteiger partial charge is 0.491 e. The molecule has 0 saturated heterocycles. The number of nitrogens with zero attached hydrogens (tertiary/aromatic N) is 6. The zero-order valence-electron chi connectivity index (χ0n) is 34.7. The first kappa shape index (κ1) is 43.5. The Hall–Kier alpha value is -3.66. The number of benzene rings is 1. The number of carbonyl (C=O) groups is 1. The number of carbonyl (C=O) groups excluding carboxylic acids is 1. The van der Waals surface area contributed by atoms with E-state index >= 15 is 0 Å². The van der Waals surface area contributed by atoms with Gasteiger partial charge in [-0.3, -0.25) is 4.90 Å². The van der Waals surface area contributed by atoms with Gasteiger partial charge in [-0.15, -0.1) is 0 Å². The lowest BCUT2D eigenvalue weighted by atomic mass is 10.0. The summed E-state index contributed by atoms with van der Waals surface area (Å²) in [7, 11) is -0.609. The molecular formula is C40H56ClF3N6O5Si. The summed E-state index contributed by atoms with van der Waals surface area (Å²) in [6, 6.07) is 5.28. The number of aryl methyl sites for hydroxylation is 2. The van der Waals surface area contributed by atoms with E-state index in [1.807, 2.05) is 41.5 Å². The molecule has 0 fully saturated rings. The van der Waals surface area contributed by atoms with Crippen molar-refractivity contribution in [1.82, 2.24) is 24.9 Å². The molecule has 0 radical (unpaired) electrons. The molecule has 2 aliphatic heterocycles. The highest BCUT2D eigenvalue weighted by atomic mass is 35.5. The maximum Gasteiger partial charge on any atom is 0.410 e. The Kier molecular flexibility index (Phi) is 12.6. The minimum atomic E-state index is -4.26. The number of likely N-dealkylation sites (N-methyl/N-ethyl adjacent to an activating group) is 1. The van der Waals surface area contributed by atoms with Crippen LogP contribution < -0.4 is 9.64 Å². The fourth-order valence-electron chi connectivity index (χ4n) is 6.73. The van der Waals surface area contributed by atoms with E-state index in [2.05, 4.69) is 43.9 Å². The highest BCUT2D eigenvalue weighted by molar-refractivity contribution is 6.74. The summed E-state index contributed by atoms with van der Waals surface area (Å²) in [6.45, 7) is 22.9. The highest BCUT2D eigenvalue weighted by Gasteiger charge is 2.40. The lowest BCUT2D eigenvalue weighted by Gasteiger charge is -2.40. The van der Waals surface area contributed by atoms with Gasteiger partial charge < -0.3 is 28.2 Å². The number of amides is 1. The maximum atomic E-state index is 13.3. The van der Waals surface area contributed by atoms with Crippen LogP contribution in [0.2, 0.25) is 23.2 Å². The molecule has 16 heteroatoms. The molecule has 0 aliphatic carbocycles. The zero-order chi connectivity index (χ0) is 41.5. The first-order valence-electron chi connectivity index (χ1n) is 18.9. The molecule has 4 heterocycles. The minimum absolute atomic E-state index is 0.0881. The van der Waals surface area contributed by atoms with Crippen molar-refractivity contribution >= 4 is 31.8 Å².